The lowest BCUT2D eigenvalue weighted by Gasteiger charge is -2.58. The summed E-state index contributed by atoms with van der Waals surface area (Å²) in [5, 5.41) is 14.1. The molecule has 0 spiro atoms. The van der Waals surface area contributed by atoms with Crippen LogP contribution in [0.2, 0.25) is 0 Å². The van der Waals surface area contributed by atoms with Crippen LogP contribution in [0, 0.1) is 17.8 Å². The van der Waals surface area contributed by atoms with E-state index in [-0.39, 0.29) is 18.1 Å². The number of ether oxygens (including phenoxy) is 1. The Bertz CT molecular complexity index is 788. The number of nitrogens with zero attached hydrogens (tertiary/aromatic N) is 2. The molecule has 2 unspecified atom stereocenters. The molecule has 6 aliphatic carbocycles. The van der Waals surface area contributed by atoms with E-state index in [4.69, 9.17) is 4.74 Å². The molecule has 2 atom stereocenters. The number of aliphatic hydroxyl groups is 1. The molecule has 150 valence electrons. The van der Waals surface area contributed by atoms with Crippen LogP contribution < -0.4 is 10.1 Å². The molecular weight excluding hydrogens is 354 g/mol. The van der Waals surface area contributed by atoms with Crippen LogP contribution in [-0.4, -0.2) is 38.7 Å². The second-order valence-corrected chi connectivity index (χ2v) is 10.1. The van der Waals surface area contributed by atoms with Gasteiger partial charge in [-0.3, -0.25) is 4.79 Å². The van der Waals surface area contributed by atoms with Crippen molar-refractivity contribution in [2.75, 3.05) is 0 Å². The van der Waals surface area contributed by atoms with Gasteiger partial charge in [0, 0.05) is 18.2 Å². The van der Waals surface area contributed by atoms with Gasteiger partial charge < -0.3 is 15.2 Å². The Balaban J connectivity index is 1.21. The molecule has 6 fully saturated rings. The highest BCUT2D eigenvalue weighted by Gasteiger charge is 2.55. The third-order valence-electron chi connectivity index (χ3n) is 7.87. The molecular formula is C22H29N3O3. The summed E-state index contributed by atoms with van der Waals surface area (Å²) in [6.45, 7) is 0. The van der Waals surface area contributed by atoms with Crippen molar-refractivity contribution in [1.82, 2.24) is 15.3 Å². The lowest BCUT2D eigenvalue weighted by atomic mass is 9.52. The molecule has 7 rings (SSSR count). The highest BCUT2D eigenvalue weighted by atomic mass is 16.5. The van der Waals surface area contributed by atoms with Crippen molar-refractivity contribution in [3.8, 4) is 6.01 Å². The second-order valence-electron chi connectivity index (χ2n) is 10.1. The van der Waals surface area contributed by atoms with Crippen LogP contribution in [-0.2, 0) is 0 Å². The normalized spacial score (nSPS) is 38.9. The summed E-state index contributed by atoms with van der Waals surface area (Å²) in [6, 6.07) is 0.613. The molecule has 6 heteroatoms. The van der Waals surface area contributed by atoms with Crippen molar-refractivity contribution in [3.05, 3.63) is 17.5 Å². The predicted molar refractivity (Wildman–Crippen MR) is 102 cm³/mol. The molecule has 4 bridgehead atoms. The molecule has 1 aromatic heterocycles. The fourth-order valence-electron chi connectivity index (χ4n) is 6.36. The van der Waals surface area contributed by atoms with Gasteiger partial charge in [-0.2, -0.15) is 4.98 Å². The molecule has 0 aromatic carbocycles. The summed E-state index contributed by atoms with van der Waals surface area (Å²) < 4.78 is 5.86. The molecule has 6 nitrogen and oxygen atoms in total. The van der Waals surface area contributed by atoms with E-state index in [9.17, 15) is 9.90 Å². The van der Waals surface area contributed by atoms with E-state index in [1.165, 1.54) is 6.42 Å². The Kier molecular flexibility index (Phi) is 3.78. The Morgan fingerprint density at radius 2 is 1.89 bits per heavy atom. The predicted octanol–water partition coefficient (Wildman–Crippen LogP) is 2.95. The number of carbonyl (C=O) groups excluding carboxylic acids is 1. The van der Waals surface area contributed by atoms with Crippen molar-refractivity contribution in [3.63, 3.8) is 0 Å². The van der Waals surface area contributed by atoms with Crippen LogP contribution in [0.5, 0.6) is 6.01 Å². The molecule has 1 heterocycles. The first kappa shape index (κ1) is 17.2. The summed E-state index contributed by atoms with van der Waals surface area (Å²) in [4.78, 5) is 22.2. The van der Waals surface area contributed by atoms with Gasteiger partial charge in [-0.05, 0) is 82.0 Å². The molecule has 0 aliphatic heterocycles. The maximum Gasteiger partial charge on any atom is 0.316 e. The van der Waals surface area contributed by atoms with Gasteiger partial charge in [0.1, 0.15) is 6.10 Å². The Hall–Kier alpha value is -1.69. The van der Waals surface area contributed by atoms with Crippen LogP contribution >= 0.6 is 0 Å². The second kappa shape index (κ2) is 6.15. The Labute approximate surface area is 165 Å². The minimum Gasteiger partial charge on any atom is -0.460 e. The van der Waals surface area contributed by atoms with E-state index >= 15 is 0 Å². The number of nitrogens with one attached hydrogen (secondary N) is 1. The van der Waals surface area contributed by atoms with E-state index in [1.54, 1.807) is 6.20 Å². The molecule has 2 N–H and O–H groups in total. The summed E-state index contributed by atoms with van der Waals surface area (Å²) in [5.41, 5.74) is 1.01. The number of rotatable bonds is 5. The topological polar surface area (TPSA) is 84.3 Å². The summed E-state index contributed by atoms with van der Waals surface area (Å²) >= 11 is 0. The fourth-order valence-corrected chi connectivity index (χ4v) is 6.36. The summed E-state index contributed by atoms with van der Waals surface area (Å²) in [6.07, 6.45) is 12.4. The lowest BCUT2D eigenvalue weighted by Crippen LogP contribution is -2.61. The number of carbonyl (C=O) groups is 1. The Morgan fingerprint density at radius 3 is 2.50 bits per heavy atom. The average Bonchev–Trinajstić information content (AvgIpc) is 3.44. The van der Waals surface area contributed by atoms with Gasteiger partial charge in [0.25, 0.3) is 5.91 Å². The van der Waals surface area contributed by atoms with Crippen molar-refractivity contribution >= 4 is 5.91 Å². The molecule has 28 heavy (non-hydrogen) atoms. The SMILES string of the molecule is O=C(N[C@H]1C2CC3CC1C[C@@](O)(C3)C2)c1cnc(OC2CCC2)nc1C1CC1. The number of hydrogen-bond acceptors (Lipinski definition) is 5. The summed E-state index contributed by atoms with van der Waals surface area (Å²) in [7, 11) is 0. The first-order valence-electron chi connectivity index (χ1n) is 11.1. The van der Waals surface area contributed by atoms with E-state index in [0.29, 0.717) is 35.2 Å². The van der Waals surface area contributed by atoms with Gasteiger partial charge in [0.2, 0.25) is 0 Å². The van der Waals surface area contributed by atoms with E-state index < -0.39 is 5.60 Å². The monoisotopic (exact) mass is 383 g/mol. The average molecular weight is 383 g/mol. The first-order valence-corrected chi connectivity index (χ1v) is 11.1. The molecule has 6 saturated carbocycles. The maximum absolute atomic E-state index is 13.2. The van der Waals surface area contributed by atoms with Crippen molar-refractivity contribution in [2.45, 2.75) is 87.9 Å². The largest absolute Gasteiger partial charge is 0.460 e. The fraction of sp³-hybridized carbons (Fsp3) is 0.773. The molecule has 0 saturated heterocycles. The standard InChI is InChI=1S/C22H29N3O3/c26-20(24-18-14-6-12-7-15(18)10-22(27,8-12)9-14)17-11-23-21(28-16-2-1-3-16)25-19(17)13-4-5-13/h11-16,18,27H,1-10H2,(H,24,26)/t12?,14?,15?,18-,22+. The van der Waals surface area contributed by atoms with Crippen LogP contribution in [0.1, 0.15) is 86.2 Å². The van der Waals surface area contributed by atoms with Crippen LogP contribution in [0.25, 0.3) is 0 Å². The van der Waals surface area contributed by atoms with Crippen LogP contribution in [0.15, 0.2) is 6.20 Å². The highest BCUT2D eigenvalue weighted by molar-refractivity contribution is 5.95. The van der Waals surface area contributed by atoms with Gasteiger partial charge in [-0.25, -0.2) is 4.98 Å². The van der Waals surface area contributed by atoms with Gasteiger partial charge in [0.05, 0.1) is 16.9 Å². The lowest BCUT2D eigenvalue weighted by molar-refractivity contribution is -0.136. The number of aromatic nitrogens is 2. The number of amides is 1. The van der Waals surface area contributed by atoms with E-state index in [1.807, 2.05) is 0 Å². The van der Waals surface area contributed by atoms with Crippen LogP contribution in [0.4, 0.5) is 0 Å². The minimum absolute atomic E-state index is 0.0402. The van der Waals surface area contributed by atoms with Crippen LogP contribution in [0.3, 0.4) is 0 Å². The third-order valence-corrected chi connectivity index (χ3v) is 7.87. The van der Waals surface area contributed by atoms with E-state index in [0.717, 1.165) is 63.5 Å². The Morgan fingerprint density at radius 1 is 1.14 bits per heavy atom. The minimum atomic E-state index is -0.472. The van der Waals surface area contributed by atoms with Gasteiger partial charge in [0.15, 0.2) is 0 Å². The van der Waals surface area contributed by atoms with Crippen molar-refractivity contribution < 1.29 is 14.6 Å². The maximum atomic E-state index is 13.2. The molecule has 1 aromatic rings. The zero-order valence-electron chi connectivity index (χ0n) is 16.3. The smallest absolute Gasteiger partial charge is 0.316 e. The van der Waals surface area contributed by atoms with Gasteiger partial charge >= 0.3 is 6.01 Å². The summed E-state index contributed by atoms with van der Waals surface area (Å²) in [5.74, 6) is 1.79. The van der Waals surface area contributed by atoms with Gasteiger partial charge in [-0.1, -0.05) is 0 Å². The zero-order valence-corrected chi connectivity index (χ0v) is 16.3. The van der Waals surface area contributed by atoms with Crippen molar-refractivity contribution in [2.24, 2.45) is 17.8 Å². The first-order chi connectivity index (χ1) is 13.6. The van der Waals surface area contributed by atoms with Gasteiger partial charge in [-0.15, -0.1) is 0 Å². The van der Waals surface area contributed by atoms with E-state index in [2.05, 4.69) is 15.3 Å². The zero-order chi connectivity index (χ0) is 18.9. The molecule has 1 amide bonds. The number of hydrogen-bond donors (Lipinski definition) is 2. The quantitative estimate of drug-likeness (QED) is 0.817. The highest BCUT2D eigenvalue weighted by Crippen LogP contribution is 2.55. The molecule has 0 radical (unpaired) electrons. The third kappa shape index (κ3) is 2.92. The van der Waals surface area contributed by atoms with Crippen molar-refractivity contribution in [1.29, 1.82) is 0 Å². The molecule has 6 aliphatic rings.